The van der Waals surface area contributed by atoms with Crippen LogP contribution in [0.3, 0.4) is 0 Å². The number of Topliss-reactive ketones (excluding diaryl/α,β-unsaturated/α-hetero) is 5. The van der Waals surface area contributed by atoms with Gasteiger partial charge < -0.3 is 9.47 Å². The van der Waals surface area contributed by atoms with Crippen LogP contribution in [-0.4, -0.2) is 53.6 Å². The van der Waals surface area contributed by atoms with Gasteiger partial charge in [-0.05, 0) is 38.0 Å². The average Bonchev–Trinajstić information content (AvgIpc) is 3.12. The molecule has 0 bridgehead atoms. The van der Waals surface area contributed by atoms with Gasteiger partial charge in [0.25, 0.3) is 0 Å². The van der Waals surface area contributed by atoms with E-state index in [1.165, 1.54) is 6.92 Å². The molecular weight excluding hydrogens is 552 g/mol. The first-order chi connectivity index (χ1) is 19.8. The standard InChI is InChI=1S/C34H46O9/c1-10-42-30(41)18(3)14-20(36)13-17(2)21-15-25(39)34(9)26-22(37)16-23-31(5,6)24(38)11-12-32(23,7)27(26)28(40)29(33(21,34)8)43-19(4)35/h17-18,21,23,29H,10-16H2,1-9H3. The zero-order valence-electron chi connectivity index (χ0n) is 27.0. The predicted octanol–water partition coefficient (Wildman–Crippen LogP) is 4.57. The van der Waals surface area contributed by atoms with Crippen LogP contribution in [-0.2, 0) is 43.0 Å². The minimum absolute atomic E-state index is 0.00804. The number of ketones is 5. The van der Waals surface area contributed by atoms with Crippen molar-refractivity contribution in [3.8, 4) is 0 Å². The van der Waals surface area contributed by atoms with E-state index in [4.69, 9.17) is 9.47 Å². The summed E-state index contributed by atoms with van der Waals surface area (Å²) < 4.78 is 10.9. The van der Waals surface area contributed by atoms with Gasteiger partial charge in [0.15, 0.2) is 11.9 Å². The highest BCUT2D eigenvalue weighted by molar-refractivity contribution is 6.18. The molecule has 2 saturated carbocycles. The second kappa shape index (κ2) is 10.9. The van der Waals surface area contributed by atoms with E-state index < -0.39 is 69.2 Å². The summed E-state index contributed by atoms with van der Waals surface area (Å²) in [7, 11) is 0. The fourth-order valence-corrected chi connectivity index (χ4v) is 9.27. The molecule has 9 nitrogen and oxygen atoms in total. The Morgan fingerprint density at radius 1 is 0.907 bits per heavy atom. The summed E-state index contributed by atoms with van der Waals surface area (Å²) in [6.45, 7) is 15.6. The maximum Gasteiger partial charge on any atom is 0.309 e. The molecule has 236 valence electrons. The molecule has 0 spiro atoms. The Kier molecular flexibility index (Phi) is 8.33. The molecule has 9 heteroatoms. The van der Waals surface area contributed by atoms with E-state index in [1.807, 2.05) is 27.7 Å². The van der Waals surface area contributed by atoms with E-state index in [1.54, 1.807) is 27.7 Å². The van der Waals surface area contributed by atoms with E-state index in [0.717, 1.165) is 0 Å². The number of allylic oxidation sites excluding steroid dienone is 1. The molecule has 8 atom stereocenters. The van der Waals surface area contributed by atoms with Gasteiger partial charge in [0.05, 0.1) is 17.9 Å². The van der Waals surface area contributed by atoms with Crippen molar-refractivity contribution in [1.29, 1.82) is 0 Å². The van der Waals surface area contributed by atoms with Crippen molar-refractivity contribution < 1.29 is 43.0 Å². The van der Waals surface area contributed by atoms with Gasteiger partial charge in [0.2, 0.25) is 5.78 Å². The van der Waals surface area contributed by atoms with Gasteiger partial charge in [0, 0.05) is 66.4 Å². The second-order valence-electron chi connectivity index (χ2n) is 14.6. The number of hydrogen-bond acceptors (Lipinski definition) is 9. The van der Waals surface area contributed by atoms with Crippen molar-refractivity contribution in [3.05, 3.63) is 11.1 Å². The SMILES string of the molecule is CCOC(=O)C(C)CC(=O)CC(C)C1CC(=O)C2(C)C3=C(C(=O)C(OC(C)=O)C12C)C1(C)CCC(=O)C(C)(C)C1CC3=O. The van der Waals surface area contributed by atoms with Crippen LogP contribution in [0.2, 0.25) is 0 Å². The molecular formula is C34H46O9. The predicted molar refractivity (Wildman–Crippen MR) is 155 cm³/mol. The van der Waals surface area contributed by atoms with Crippen molar-refractivity contribution in [2.75, 3.05) is 6.61 Å². The van der Waals surface area contributed by atoms with Crippen LogP contribution in [0.4, 0.5) is 0 Å². The lowest BCUT2D eigenvalue weighted by molar-refractivity contribution is -0.175. The highest BCUT2D eigenvalue weighted by Gasteiger charge is 2.74. The molecule has 0 aromatic rings. The lowest BCUT2D eigenvalue weighted by Gasteiger charge is -2.59. The first kappa shape index (κ1) is 32.9. The van der Waals surface area contributed by atoms with Gasteiger partial charge in [-0.1, -0.05) is 41.5 Å². The van der Waals surface area contributed by atoms with Gasteiger partial charge in [-0.25, -0.2) is 0 Å². The smallest absolute Gasteiger partial charge is 0.309 e. The Morgan fingerprint density at radius 2 is 1.53 bits per heavy atom. The average molecular weight is 599 g/mol. The third-order valence-electron chi connectivity index (χ3n) is 11.8. The second-order valence-corrected chi connectivity index (χ2v) is 14.6. The zero-order valence-corrected chi connectivity index (χ0v) is 27.0. The van der Waals surface area contributed by atoms with Crippen molar-refractivity contribution in [3.63, 3.8) is 0 Å². The molecule has 4 aliphatic carbocycles. The monoisotopic (exact) mass is 598 g/mol. The maximum atomic E-state index is 14.7. The Morgan fingerprint density at radius 3 is 2.12 bits per heavy atom. The quantitative estimate of drug-likeness (QED) is 0.368. The van der Waals surface area contributed by atoms with Crippen LogP contribution in [0.25, 0.3) is 0 Å². The Hall–Kier alpha value is -2.97. The molecule has 0 heterocycles. The minimum Gasteiger partial charge on any atom is -0.466 e. The van der Waals surface area contributed by atoms with Crippen molar-refractivity contribution in [1.82, 2.24) is 0 Å². The normalized spacial score (nSPS) is 36.3. The molecule has 0 aliphatic heterocycles. The summed E-state index contributed by atoms with van der Waals surface area (Å²) >= 11 is 0. The van der Waals surface area contributed by atoms with E-state index >= 15 is 0 Å². The number of esters is 2. The molecule has 4 aliphatic rings. The molecule has 43 heavy (non-hydrogen) atoms. The summed E-state index contributed by atoms with van der Waals surface area (Å²) in [5.74, 6) is -4.34. The number of ether oxygens (including phenoxy) is 2. The molecule has 0 N–H and O–H groups in total. The number of carbonyl (C=O) groups is 7. The molecule has 4 rings (SSSR count). The van der Waals surface area contributed by atoms with Crippen LogP contribution in [0.1, 0.15) is 101 Å². The molecule has 2 fully saturated rings. The Bertz CT molecular complexity index is 1340. The number of carbonyl (C=O) groups excluding carboxylic acids is 7. The first-order valence-electron chi connectivity index (χ1n) is 15.5. The summed E-state index contributed by atoms with van der Waals surface area (Å²) in [5, 5.41) is 0. The Labute approximate surface area is 253 Å². The van der Waals surface area contributed by atoms with Gasteiger partial charge in [0.1, 0.15) is 17.3 Å². The third kappa shape index (κ3) is 4.67. The Balaban J connectivity index is 1.82. The van der Waals surface area contributed by atoms with Crippen LogP contribution < -0.4 is 0 Å². The zero-order chi connectivity index (χ0) is 32.4. The van der Waals surface area contributed by atoms with Crippen molar-refractivity contribution >= 4 is 40.9 Å². The molecule has 0 aromatic carbocycles. The van der Waals surface area contributed by atoms with E-state index in [-0.39, 0.29) is 73.0 Å². The summed E-state index contributed by atoms with van der Waals surface area (Å²) in [4.78, 5) is 93.7. The fraction of sp³-hybridized carbons (Fsp3) is 0.735. The largest absolute Gasteiger partial charge is 0.466 e. The highest BCUT2D eigenvalue weighted by Crippen LogP contribution is 2.70. The van der Waals surface area contributed by atoms with E-state index in [9.17, 15) is 33.6 Å². The number of hydrogen-bond donors (Lipinski definition) is 0. The molecule has 0 amide bonds. The summed E-state index contributed by atoms with van der Waals surface area (Å²) in [6.07, 6.45) is -0.665. The van der Waals surface area contributed by atoms with Gasteiger partial charge in [-0.3, -0.25) is 33.6 Å². The number of fused-ring (bicyclic) bond motifs is 4. The molecule has 0 saturated heterocycles. The lowest BCUT2D eigenvalue weighted by Crippen LogP contribution is -2.64. The van der Waals surface area contributed by atoms with Crippen LogP contribution in [0, 0.1) is 45.3 Å². The first-order valence-corrected chi connectivity index (χ1v) is 15.5. The fourth-order valence-electron chi connectivity index (χ4n) is 9.27. The van der Waals surface area contributed by atoms with Gasteiger partial charge in [-0.15, -0.1) is 0 Å². The van der Waals surface area contributed by atoms with E-state index in [0.29, 0.717) is 6.42 Å². The molecule has 0 radical (unpaired) electrons. The van der Waals surface area contributed by atoms with Crippen molar-refractivity contribution in [2.24, 2.45) is 45.3 Å². The van der Waals surface area contributed by atoms with Gasteiger partial charge in [-0.2, -0.15) is 0 Å². The third-order valence-corrected chi connectivity index (χ3v) is 11.8. The molecule has 0 aromatic heterocycles. The summed E-state index contributed by atoms with van der Waals surface area (Å²) in [5.41, 5.74) is -4.00. The van der Waals surface area contributed by atoms with Crippen molar-refractivity contribution in [2.45, 2.75) is 107 Å². The maximum absolute atomic E-state index is 14.7. The lowest BCUT2D eigenvalue weighted by atomic mass is 9.42. The van der Waals surface area contributed by atoms with E-state index in [2.05, 4.69) is 0 Å². The van der Waals surface area contributed by atoms with Crippen LogP contribution >= 0.6 is 0 Å². The van der Waals surface area contributed by atoms with Crippen LogP contribution in [0.15, 0.2) is 11.1 Å². The number of rotatable bonds is 8. The van der Waals surface area contributed by atoms with Gasteiger partial charge >= 0.3 is 11.9 Å². The summed E-state index contributed by atoms with van der Waals surface area (Å²) in [6, 6.07) is 0. The van der Waals surface area contributed by atoms with Crippen LogP contribution in [0.5, 0.6) is 0 Å². The molecule has 8 unspecified atom stereocenters. The minimum atomic E-state index is -1.44. The topological polar surface area (TPSA) is 138 Å². The highest BCUT2D eigenvalue weighted by atomic mass is 16.5.